The van der Waals surface area contributed by atoms with Crippen molar-refractivity contribution in [3.05, 3.63) is 40.1 Å². The highest BCUT2D eigenvalue weighted by Crippen LogP contribution is 2.25. The minimum Gasteiger partial charge on any atom is -0.507 e. The Bertz CT molecular complexity index is 929. The maximum absolute atomic E-state index is 12.3. The van der Waals surface area contributed by atoms with Crippen LogP contribution in [-0.4, -0.2) is 21.2 Å². The number of fused-ring (bicyclic) bond motifs is 2. The zero-order valence-electron chi connectivity index (χ0n) is 9.95. The third-order valence-corrected chi connectivity index (χ3v) is 2.91. The predicted molar refractivity (Wildman–Crippen MR) is 70.8 cm³/mol. The van der Waals surface area contributed by atoms with Crippen LogP contribution < -0.4 is 11.2 Å². The highest BCUT2D eigenvalue weighted by atomic mass is 16.4. The number of aromatic carboxylic acids is 1. The first kappa shape index (κ1) is 12.0. The molecule has 3 aromatic rings. The number of carbonyl (C=O) groups is 1. The van der Waals surface area contributed by atoms with Crippen LogP contribution in [0.3, 0.4) is 0 Å². The summed E-state index contributed by atoms with van der Waals surface area (Å²) in [6.45, 7) is 0. The molecule has 4 N–H and O–H groups in total. The Morgan fingerprint density at radius 2 is 2.05 bits per heavy atom. The molecule has 7 heteroatoms. The number of hydrogen-bond acceptors (Lipinski definition) is 6. The van der Waals surface area contributed by atoms with Crippen molar-refractivity contribution in [1.29, 1.82) is 0 Å². The molecule has 0 radical (unpaired) electrons. The lowest BCUT2D eigenvalue weighted by Crippen LogP contribution is -2.10. The Labute approximate surface area is 110 Å². The minimum atomic E-state index is -1.27. The lowest BCUT2D eigenvalue weighted by molar-refractivity contribution is 0.0697. The van der Waals surface area contributed by atoms with Crippen molar-refractivity contribution in [2.24, 2.45) is 0 Å². The van der Waals surface area contributed by atoms with E-state index in [0.29, 0.717) is 0 Å². The molecule has 0 aliphatic carbocycles. The molecule has 0 aliphatic heterocycles. The summed E-state index contributed by atoms with van der Waals surface area (Å²) in [5, 5.41) is 18.7. The van der Waals surface area contributed by atoms with E-state index in [1.807, 2.05) is 0 Å². The molecule has 0 spiro atoms. The Morgan fingerprint density at radius 1 is 1.30 bits per heavy atom. The number of nitrogens with two attached hydrogens (primary N) is 1. The van der Waals surface area contributed by atoms with Gasteiger partial charge in [0.15, 0.2) is 11.1 Å². The van der Waals surface area contributed by atoms with Gasteiger partial charge in [0.1, 0.15) is 28.1 Å². The van der Waals surface area contributed by atoms with Crippen molar-refractivity contribution in [2.45, 2.75) is 0 Å². The fourth-order valence-corrected chi connectivity index (χ4v) is 1.99. The zero-order chi connectivity index (χ0) is 14.4. The average molecular weight is 272 g/mol. The molecule has 100 valence electrons. The van der Waals surface area contributed by atoms with Crippen molar-refractivity contribution in [3.63, 3.8) is 0 Å². The smallest absolute Gasteiger partial charge is 0.339 e. The van der Waals surface area contributed by atoms with Crippen LogP contribution >= 0.6 is 0 Å². The first-order valence-electron chi connectivity index (χ1n) is 5.57. The summed E-state index contributed by atoms with van der Waals surface area (Å²) >= 11 is 0. The lowest BCUT2D eigenvalue weighted by atomic mass is 10.1. The molecule has 0 aliphatic rings. The third kappa shape index (κ3) is 1.57. The number of phenolic OH excluding ortho intramolecular Hbond substituents is 1. The van der Waals surface area contributed by atoms with E-state index >= 15 is 0 Å². The molecule has 0 atom stereocenters. The number of anilines is 1. The second-order valence-corrected chi connectivity index (χ2v) is 4.15. The van der Waals surface area contributed by atoms with Crippen LogP contribution in [0.2, 0.25) is 0 Å². The highest BCUT2D eigenvalue weighted by molar-refractivity contribution is 5.98. The Balaban J connectivity index is 2.54. The number of benzene rings is 1. The molecule has 2 aromatic heterocycles. The molecule has 0 bridgehead atoms. The van der Waals surface area contributed by atoms with Gasteiger partial charge in [-0.2, -0.15) is 0 Å². The fraction of sp³-hybridized carbons (Fsp3) is 0. The molecule has 0 saturated heterocycles. The lowest BCUT2D eigenvalue weighted by Gasteiger charge is -2.05. The molecule has 20 heavy (non-hydrogen) atoms. The van der Waals surface area contributed by atoms with Gasteiger partial charge in [-0.25, -0.2) is 9.78 Å². The van der Waals surface area contributed by atoms with Crippen molar-refractivity contribution in [3.8, 4) is 5.75 Å². The van der Waals surface area contributed by atoms with Crippen LogP contribution in [0, 0.1) is 0 Å². The summed E-state index contributed by atoms with van der Waals surface area (Å²) < 4.78 is 5.41. The second kappa shape index (κ2) is 3.95. The molecule has 0 unspecified atom stereocenters. The number of carboxylic acids is 1. The topological polar surface area (TPSA) is 127 Å². The second-order valence-electron chi connectivity index (χ2n) is 4.15. The van der Waals surface area contributed by atoms with Gasteiger partial charge in [0.25, 0.3) is 0 Å². The molecule has 2 heterocycles. The fourth-order valence-electron chi connectivity index (χ4n) is 1.99. The molecule has 3 rings (SSSR count). The van der Waals surface area contributed by atoms with Gasteiger partial charge in [-0.3, -0.25) is 4.79 Å². The number of aromatic hydroxyl groups is 1. The summed E-state index contributed by atoms with van der Waals surface area (Å²) in [4.78, 5) is 27.0. The first-order valence-corrected chi connectivity index (χ1v) is 5.57. The summed E-state index contributed by atoms with van der Waals surface area (Å²) in [5.41, 5.74) is 4.71. The predicted octanol–water partition coefficient (Wildman–Crippen LogP) is 1.33. The Hall–Kier alpha value is -3.09. The van der Waals surface area contributed by atoms with E-state index in [0.717, 1.165) is 6.07 Å². The van der Waals surface area contributed by atoms with Crippen LogP contribution in [0.1, 0.15) is 10.4 Å². The largest absolute Gasteiger partial charge is 0.507 e. The van der Waals surface area contributed by atoms with Gasteiger partial charge in [-0.05, 0) is 12.1 Å². The normalized spacial score (nSPS) is 11.0. The van der Waals surface area contributed by atoms with Gasteiger partial charge in [-0.15, -0.1) is 0 Å². The van der Waals surface area contributed by atoms with E-state index in [-0.39, 0.29) is 39.2 Å². The van der Waals surface area contributed by atoms with E-state index in [9.17, 15) is 14.7 Å². The van der Waals surface area contributed by atoms with Gasteiger partial charge in [-0.1, -0.05) is 6.07 Å². The molecule has 0 saturated carbocycles. The number of aromatic nitrogens is 1. The summed E-state index contributed by atoms with van der Waals surface area (Å²) in [6.07, 6.45) is 0. The maximum Gasteiger partial charge on any atom is 0.339 e. The number of carboxylic acid groups (broad SMARTS) is 1. The van der Waals surface area contributed by atoms with Gasteiger partial charge < -0.3 is 20.4 Å². The van der Waals surface area contributed by atoms with Crippen LogP contribution in [0.4, 0.5) is 5.82 Å². The maximum atomic E-state index is 12.3. The monoisotopic (exact) mass is 272 g/mol. The van der Waals surface area contributed by atoms with Crippen molar-refractivity contribution < 1.29 is 19.4 Å². The summed E-state index contributed by atoms with van der Waals surface area (Å²) in [5.74, 6) is -1.79. The van der Waals surface area contributed by atoms with Gasteiger partial charge in [0, 0.05) is 6.07 Å². The summed E-state index contributed by atoms with van der Waals surface area (Å²) in [6, 6.07) is 5.49. The van der Waals surface area contributed by atoms with Crippen molar-refractivity contribution in [1.82, 2.24) is 4.98 Å². The number of hydrogen-bond donors (Lipinski definition) is 3. The van der Waals surface area contributed by atoms with Crippen molar-refractivity contribution >= 4 is 33.9 Å². The molecule has 0 fully saturated rings. The molecular formula is C13H8N2O5. The van der Waals surface area contributed by atoms with E-state index in [1.165, 1.54) is 18.2 Å². The number of pyridine rings is 1. The number of nitrogens with zero attached hydrogens (tertiary/aromatic N) is 1. The quantitative estimate of drug-likeness (QED) is 0.570. The number of rotatable bonds is 1. The van der Waals surface area contributed by atoms with E-state index in [2.05, 4.69) is 4.98 Å². The standard InChI is InChI=1S/C13H8N2O5/c14-12-5(13(18)19)4-8-10(15-12)11(17)9-6(16)2-1-3-7(9)20-8/h1-4,16H,(H2,14,15)(H,18,19). The van der Waals surface area contributed by atoms with E-state index in [4.69, 9.17) is 15.3 Å². The van der Waals surface area contributed by atoms with Gasteiger partial charge in [0.05, 0.1) is 0 Å². The summed E-state index contributed by atoms with van der Waals surface area (Å²) in [7, 11) is 0. The molecule has 7 nitrogen and oxygen atoms in total. The zero-order valence-corrected chi connectivity index (χ0v) is 9.95. The SMILES string of the molecule is Nc1nc2c(=O)c3c(O)cccc3oc2cc1C(=O)O. The average Bonchev–Trinajstić information content (AvgIpc) is 2.39. The van der Waals surface area contributed by atoms with Crippen LogP contribution in [0.15, 0.2) is 33.5 Å². The third-order valence-electron chi connectivity index (χ3n) is 2.91. The number of phenols is 1. The Morgan fingerprint density at radius 3 is 2.75 bits per heavy atom. The molecule has 0 amide bonds. The van der Waals surface area contributed by atoms with E-state index < -0.39 is 11.4 Å². The van der Waals surface area contributed by atoms with Crippen molar-refractivity contribution in [2.75, 3.05) is 5.73 Å². The Kier molecular flexibility index (Phi) is 2.37. The highest BCUT2D eigenvalue weighted by Gasteiger charge is 2.17. The minimum absolute atomic E-state index is 0.000278. The van der Waals surface area contributed by atoms with Crippen LogP contribution in [0.25, 0.3) is 22.1 Å². The first-order chi connectivity index (χ1) is 9.49. The van der Waals surface area contributed by atoms with Crippen LogP contribution in [-0.2, 0) is 0 Å². The molecular weight excluding hydrogens is 264 g/mol. The molecule has 1 aromatic carbocycles. The van der Waals surface area contributed by atoms with Gasteiger partial charge in [0.2, 0.25) is 5.43 Å². The number of nitrogen functional groups attached to an aromatic ring is 1. The van der Waals surface area contributed by atoms with Crippen LogP contribution in [0.5, 0.6) is 5.75 Å². The van der Waals surface area contributed by atoms with E-state index in [1.54, 1.807) is 0 Å². The van der Waals surface area contributed by atoms with Gasteiger partial charge >= 0.3 is 5.97 Å².